The normalized spacial score (nSPS) is 14.6. The Morgan fingerprint density at radius 1 is 1.26 bits per heavy atom. The maximum Gasteiger partial charge on any atom is 0.411 e. The number of carboxylic acid groups (broad SMARTS) is 1. The minimum Gasteiger partial charge on any atom is -0.490 e. The number of aromatic nitrogens is 1. The van der Waals surface area contributed by atoms with Crippen molar-refractivity contribution in [2.75, 3.05) is 6.54 Å². The molecule has 1 N–H and O–H groups in total. The molecule has 0 bridgehead atoms. The molecule has 1 aliphatic carbocycles. The highest BCUT2D eigenvalue weighted by Gasteiger charge is 2.36. The lowest BCUT2D eigenvalue weighted by molar-refractivity contribution is -0.138. The second kappa shape index (κ2) is 10.8. The quantitative estimate of drug-likeness (QED) is 0.371. The van der Waals surface area contributed by atoms with Crippen LogP contribution in [0, 0.1) is 11.3 Å². The van der Waals surface area contributed by atoms with Gasteiger partial charge in [0.05, 0.1) is 22.6 Å². The summed E-state index contributed by atoms with van der Waals surface area (Å²) in [5.74, 6) is -0.542. The van der Waals surface area contributed by atoms with Gasteiger partial charge in [-0.05, 0) is 82.3 Å². The molecule has 1 atom stereocenters. The zero-order chi connectivity index (χ0) is 27.6. The van der Waals surface area contributed by atoms with Crippen LogP contribution in [0.4, 0.5) is 4.79 Å². The van der Waals surface area contributed by atoms with Crippen LogP contribution in [-0.2, 0) is 16.0 Å². The molecule has 1 heterocycles. The molecule has 0 unspecified atom stereocenters. The minimum absolute atomic E-state index is 0.0369. The fraction of sp³-hybridized carbons (Fsp3) is 0.379. The van der Waals surface area contributed by atoms with Crippen LogP contribution in [0.5, 0.6) is 5.75 Å². The number of carbonyl (C=O) groups excluding carboxylic acids is 1. The highest BCUT2D eigenvalue weighted by Crippen LogP contribution is 2.43. The number of rotatable bonds is 7. The van der Waals surface area contributed by atoms with E-state index in [0.717, 1.165) is 32.1 Å². The SMILES string of the molecule is CC(C)Oc1ccc(-c2ncc(-c3cccc4c3CC[C@H]4N(CC(=O)O)C(=O)OC(C)(C)C)s2)cc1C#N. The van der Waals surface area contributed by atoms with Gasteiger partial charge in [-0.3, -0.25) is 9.69 Å². The number of hydrogen-bond donors (Lipinski definition) is 1. The Kier molecular flexibility index (Phi) is 7.74. The van der Waals surface area contributed by atoms with Crippen molar-refractivity contribution in [3.8, 4) is 32.8 Å². The van der Waals surface area contributed by atoms with Crippen LogP contribution in [0.15, 0.2) is 42.6 Å². The van der Waals surface area contributed by atoms with Gasteiger partial charge in [-0.25, -0.2) is 9.78 Å². The van der Waals surface area contributed by atoms with E-state index in [4.69, 9.17) is 9.47 Å². The number of carboxylic acids is 1. The Morgan fingerprint density at radius 3 is 2.68 bits per heavy atom. The first-order valence-corrected chi connectivity index (χ1v) is 13.3. The van der Waals surface area contributed by atoms with E-state index in [1.807, 2.05) is 44.3 Å². The predicted octanol–water partition coefficient (Wildman–Crippen LogP) is 6.44. The van der Waals surface area contributed by atoms with Crippen LogP contribution < -0.4 is 4.74 Å². The van der Waals surface area contributed by atoms with Crippen LogP contribution in [0.3, 0.4) is 0 Å². The lowest BCUT2D eigenvalue weighted by Gasteiger charge is -2.31. The van der Waals surface area contributed by atoms with Gasteiger partial charge in [0.2, 0.25) is 0 Å². The summed E-state index contributed by atoms with van der Waals surface area (Å²) < 4.78 is 11.3. The molecule has 4 rings (SSSR count). The monoisotopic (exact) mass is 533 g/mol. The molecule has 38 heavy (non-hydrogen) atoms. The number of carbonyl (C=O) groups is 2. The minimum atomic E-state index is -1.09. The molecule has 9 heteroatoms. The number of benzene rings is 2. The van der Waals surface area contributed by atoms with Crippen LogP contribution >= 0.6 is 11.3 Å². The Bertz CT molecular complexity index is 1400. The number of ether oxygens (including phenoxy) is 2. The summed E-state index contributed by atoms with van der Waals surface area (Å²) in [6, 6.07) is 13.2. The van der Waals surface area contributed by atoms with Crippen LogP contribution in [0.1, 0.15) is 63.8 Å². The largest absolute Gasteiger partial charge is 0.490 e. The fourth-order valence-corrected chi connectivity index (χ4v) is 5.56. The lowest BCUT2D eigenvalue weighted by atomic mass is 10.0. The van der Waals surface area contributed by atoms with Gasteiger partial charge in [-0.2, -0.15) is 5.26 Å². The predicted molar refractivity (Wildman–Crippen MR) is 145 cm³/mol. The second-order valence-corrected chi connectivity index (χ2v) is 11.5. The summed E-state index contributed by atoms with van der Waals surface area (Å²) in [5.41, 5.74) is 3.56. The first-order chi connectivity index (χ1) is 18.0. The van der Waals surface area contributed by atoms with Gasteiger partial charge in [0.25, 0.3) is 0 Å². The van der Waals surface area contributed by atoms with E-state index in [1.54, 1.807) is 32.9 Å². The van der Waals surface area contributed by atoms with E-state index in [9.17, 15) is 20.0 Å². The summed E-state index contributed by atoms with van der Waals surface area (Å²) in [5, 5.41) is 19.9. The molecule has 1 amide bonds. The Balaban J connectivity index is 1.65. The number of nitrogens with zero attached hydrogens (tertiary/aromatic N) is 3. The van der Waals surface area contributed by atoms with Crippen molar-refractivity contribution >= 4 is 23.4 Å². The van der Waals surface area contributed by atoms with Gasteiger partial charge >= 0.3 is 12.1 Å². The second-order valence-electron chi connectivity index (χ2n) is 10.4. The summed E-state index contributed by atoms with van der Waals surface area (Å²) in [7, 11) is 0. The van der Waals surface area contributed by atoms with Crippen molar-refractivity contribution in [3.63, 3.8) is 0 Å². The van der Waals surface area contributed by atoms with Crippen LogP contribution in [-0.4, -0.2) is 45.3 Å². The molecule has 1 aliphatic rings. The molecule has 0 saturated heterocycles. The molecular weight excluding hydrogens is 502 g/mol. The van der Waals surface area contributed by atoms with E-state index in [2.05, 4.69) is 11.1 Å². The highest BCUT2D eigenvalue weighted by molar-refractivity contribution is 7.18. The Morgan fingerprint density at radius 2 is 2.03 bits per heavy atom. The van der Waals surface area contributed by atoms with E-state index in [-0.39, 0.29) is 6.10 Å². The van der Waals surface area contributed by atoms with Crippen molar-refractivity contribution in [1.82, 2.24) is 9.88 Å². The summed E-state index contributed by atoms with van der Waals surface area (Å²) in [4.78, 5) is 31.4. The summed E-state index contributed by atoms with van der Waals surface area (Å²) >= 11 is 1.52. The number of thiazole rings is 1. The zero-order valence-electron chi connectivity index (χ0n) is 22.1. The van der Waals surface area contributed by atoms with Crippen molar-refractivity contribution in [2.45, 2.75) is 65.2 Å². The number of aliphatic carboxylic acids is 1. The van der Waals surface area contributed by atoms with E-state index >= 15 is 0 Å². The molecule has 1 aromatic heterocycles. The van der Waals surface area contributed by atoms with E-state index in [1.165, 1.54) is 16.2 Å². The molecule has 0 fully saturated rings. The van der Waals surface area contributed by atoms with Crippen molar-refractivity contribution in [2.24, 2.45) is 0 Å². The molecule has 2 aromatic carbocycles. The molecule has 8 nitrogen and oxygen atoms in total. The van der Waals surface area contributed by atoms with Gasteiger partial charge < -0.3 is 14.6 Å². The summed E-state index contributed by atoms with van der Waals surface area (Å²) in [6.45, 7) is 8.67. The average Bonchev–Trinajstić information content (AvgIpc) is 3.49. The third-order valence-electron chi connectivity index (χ3n) is 6.03. The Labute approximate surface area is 226 Å². The molecule has 0 aliphatic heterocycles. The van der Waals surface area contributed by atoms with Gasteiger partial charge in [0.1, 0.15) is 29.0 Å². The van der Waals surface area contributed by atoms with Crippen molar-refractivity contribution in [3.05, 3.63) is 59.3 Å². The maximum absolute atomic E-state index is 12.9. The van der Waals surface area contributed by atoms with Gasteiger partial charge in [0, 0.05) is 11.8 Å². The highest BCUT2D eigenvalue weighted by atomic mass is 32.1. The van der Waals surface area contributed by atoms with Gasteiger partial charge in [0.15, 0.2) is 0 Å². The average molecular weight is 534 g/mol. The standard InChI is InChI=1S/C29H31N3O5S/c1-17(2)36-24-12-9-18(13-19(24)14-30)27-31-15-25(38-27)22-8-6-7-21-20(22)10-11-23(21)32(16-26(33)34)28(35)37-29(3,4)5/h6-9,12-13,15,17,23H,10-11,16H2,1-5H3,(H,33,34)/t23-/m1/s1. The smallest absolute Gasteiger partial charge is 0.411 e. The Hall–Kier alpha value is -3.90. The molecule has 0 radical (unpaired) electrons. The number of fused-ring (bicyclic) bond motifs is 1. The van der Waals surface area contributed by atoms with Gasteiger partial charge in [-0.15, -0.1) is 11.3 Å². The maximum atomic E-state index is 12.9. The lowest BCUT2D eigenvalue weighted by Crippen LogP contribution is -2.41. The fourth-order valence-electron chi connectivity index (χ4n) is 4.59. The molecule has 0 saturated carbocycles. The zero-order valence-corrected chi connectivity index (χ0v) is 23.0. The summed E-state index contributed by atoms with van der Waals surface area (Å²) in [6.07, 6.45) is 2.44. The molecule has 3 aromatic rings. The number of nitriles is 1. The molecule has 198 valence electrons. The number of amides is 1. The van der Waals surface area contributed by atoms with Crippen LogP contribution in [0.2, 0.25) is 0 Å². The molecule has 0 spiro atoms. The topological polar surface area (TPSA) is 113 Å². The first kappa shape index (κ1) is 27.1. The first-order valence-electron chi connectivity index (χ1n) is 12.5. The van der Waals surface area contributed by atoms with E-state index < -0.39 is 30.3 Å². The molecular formula is C29H31N3O5S. The van der Waals surface area contributed by atoms with Crippen molar-refractivity contribution < 1.29 is 24.2 Å². The third kappa shape index (κ3) is 5.97. The van der Waals surface area contributed by atoms with E-state index in [0.29, 0.717) is 24.2 Å². The van der Waals surface area contributed by atoms with Crippen LogP contribution in [0.25, 0.3) is 21.0 Å². The third-order valence-corrected chi connectivity index (χ3v) is 7.11. The van der Waals surface area contributed by atoms with Gasteiger partial charge in [-0.1, -0.05) is 18.2 Å². The number of hydrogen-bond acceptors (Lipinski definition) is 7. The van der Waals surface area contributed by atoms with Crippen molar-refractivity contribution in [1.29, 1.82) is 5.26 Å².